The summed E-state index contributed by atoms with van der Waals surface area (Å²) in [4.78, 5) is 13.1. The van der Waals surface area contributed by atoms with Crippen LogP contribution in [0.4, 0.5) is 4.39 Å². The Morgan fingerprint density at radius 3 is 2.64 bits per heavy atom. The van der Waals surface area contributed by atoms with Gasteiger partial charge in [0.25, 0.3) is 0 Å². The van der Waals surface area contributed by atoms with Crippen LogP contribution in [-0.4, -0.2) is 42.3 Å². The van der Waals surface area contributed by atoms with E-state index in [4.69, 9.17) is 0 Å². The van der Waals surface area contributed by atoms with Gasteiger partial charge in [-0.1, -0.05) is 13.8 Å². The summed E-state index contributed by atoms with van der Waals surface area (Å²) >= 11 is 0. The fourth-order valence-corrected chi connectivity index (χ4v) is 2.12. The van der Waals surface area contributed by atoms with E-state index >= 15 is 0 Å². The highest BCUT2D eigenvalue weighted by Gasteiger charge is 2.46. The van der Waals surface area contributed by atoms with Gasteiger partial charge in [-0.3, -0.25) is 9.69 Å². The predicted octanol–water partition coefficient (Wildman–Crippen LogP) is 1.39. The molecule has 1 rings (SSSR count). The molecular formula is C10H18FNO2. The molecule has 1 N–H and O–H groups in total. The molecule has 1 unspecified atom stereocenters. The lowest BCUT2D eigenvalue weighted by molar-refractivity contribution is -0.151. The molecule has 1 saturated heterocycles. The molecular weight excluding hydrogens is 185 g/mol. The van der Waals surface area contributed by atoms with Crippen LogP contribution in [0.2, 0.25) is 0 Å². The van der Waals surface area contributed by atoms with Crippen LogP contribution in [0, 0.1) is 11.3 Å². The van der Waals surface area contributed by atoms with Crippen molar-refractivity contribution in [3.63, 3.8) is 0 Å². The highest BCUT2D eigenvalue weighted by Crippen LogP contribution is 2.37. The van der Waals surface area contributed by atoms with Crippen LogP contribution < -0.4 is 0 Å². The fourth-order valence-electron chi connectivity index (χ4n) is 2.12. The summed E-state index contributed by atoms with van der Waals surface area (Å²) in [6.07, 6.45) is 0.639. The van der Waals surface area contributed by atoms with Crippen molar-refractivity contribution in [2.24, 2.45) is 11.3 Å². The summed E-state index contributed by atoms with van der Waals surface area (Å²) in [7, 11) is 0. The van der Waals surface area contributed by atoms with Gasteiger partial charge in [0.1, 0.15) is 6.67 Å². The van der Waals surface area contributed by atoms with Crippen LogP contribution in [0.15, 0.2) is 0 Å². The van der Waals surface area contributed by atoms with E-state index in [2.05, 4.69) is 0 Å². The summed E-state index contributed by atoms with van der Waals surface area (Å²) in [6, 6.07) is 0. The lowest BCUT2D eigenvalue weighted by Crippen LogP contribution is -2.39. The van der Waals surface area contributed by atoms with Gasteiger partial charge in [0.15, 0.2) is 0 Å². The Morgan fingerprint density at radius 2 is 2.29 bits per heavy atom. The van der Waals surface area contributed by atoms with Crippen LogP contribution in [0.5, 0.6) is 0 Å². The smallest absolute Gasteiger partial charge is 0.311 e. The number of carboxylic acids is 1. The number of hydrogen-bond acceptors (Lipinski definition) is 2. The Balaban J connectivity index is 2.70. The van der Waals surface area contributed by atoms with Crippen LogP contribution in [0.25, 0.3) is 0 Å². The van der Waals surface area contributed by atoms with E-state index in [1.165, 1.54) is 0 Å². The SMILES string of the molecule is CC(C)C1(C(=O)O)CCN(CCF)C1. The molecule has 82 valence electrons. The first kappa shape index (κ1) is 11.4. The summed E-state index contributed by atoms with van der Waals surface area (Å²) in [5, 5.41) is 9.20. The minimum Gasteiger partial charge on any atom is -0.481 e. The quantitative estimate of drug-likeness (QED) is 0.750. The highest BCUT2D eigenvalue weighted by molar-refractivity contribution is 5.75. The molecule has 0 saturated carbocycles. The maximum atomic E-state index is 12.1. The zero-order valence-corrected chi connectivity index (χ0v) is 8.79. The van der Waals surface area contributed by atoms with Crippen molar-refractivity contribution in [2.45, 2.75) is 20.3 Å². The van der Waals surface area contributed by atoms with E-state index in [1.807, 2.05) is 18.7 Å². The molecule has 14 heavy (non-hydrogen) atoms. The molecule has 0 spiro atoms. The maximum absolute atomic E-state index is 12.1. The molecule has 0 aromatic heterocycles. The number of carbonyl (C=O) groups is 1. The van der Waals surface area contributed by atoms with Gasteiger partial charge in [-0.05, 0) is 18.9 Å². The summed E-state index contributed by atoms with van der Waals surface area (Å²) in [5.41, 5.74) is -0.658. The van der Waals surface area contributed by atoms with Crippen molar-refractivity contribution < 1.29 is 14.3 Å². The number of likely N-dealkylation sites (tertiary alicyclic amines) is 1. The Bertz CT molecular complexity index is 220. The van der Waals surface area contributed by atoms with Crippen molar-refractivity contribution in [3.05, 3.63) is 0 Å². The molecule has 1 fully saturated rings. The number of carboxylic acid groups (broad SMARTS) is 1. The lowest BCUT2D eigenvalue weighted by atomic mass is 9.76. The highest BCUT2D eigenvalue weighted by atomic mass is 19.1. The Labute approximate surface area is 83.9 Å². The van der Waals surface area contributed by atoms with Crippen molar-refractivity contribution >= 4 is 5.97 Å². The van der Waals surface area contributed by atoms with Crippen LogP contribution in [0.1, 0.15) is 20.3 Å². The predicted molar refractivity (Wildman–Crippen MR) is 51.9 cm³/mol. The molecule has 1 heterocycles. The molecule has 0 amide bonds. The largest absolute Gasteiger partial charge is 0.481 e. The number of rotatable bonds is 4. The van der Waals surface area contributed by atoms with Crippen LogP contribution >= 0.6 is 0 Å². The normalized spacial score (nSPS) is 28.6. The average Bonchev–Trinajstić information content (AvgIpc) is 2.50. The topological polar surface area (TPSA) is 40.5 Å². The second-order valence-electron chi connectivity index (χ2n) is 4.33. The first-order valence-corrected chi connectivity index (χ1v) is 5.04. The van der Waals surface area contributed by atoms with Gasteiger partial charge in [-0.2, -0.15) is 0 Å². The van der Waals surface area contributed by atoms with E-state index in [9.17, 15) is 14.3 Å². The summed E-state index contributed by atoms with van der Waals surface area (Å²) < 4.78 is 12.1. The molecule has 0 aliphatic carbocycles. The van der Waals surface area contributed by atoms with E-state index < -0.39 is 18.1 Å². The molecule has 0 aromatic rings. The molecule has 4 heteroatoms. The summed E-state index contributed by atoms with van der Waals surface area (Å²) in [6.45, 7) is 5.01. The standard InChI is InChI=1S/C10H18FNO2/c1-8(2)10(9(13)14)3-5-12(7-10)6-4-11/h8H,3-7H2,1-2H3,(H,13,14). The summed E-state index contributed by atoms with van der Waals surface area (Å²) in [5.74, 6) is -0.640. The van der Waals surface area contributed by atoms with Gasteiger partial charge >= 0.3 is 5.97 Å². The van der Waals surface area contributed by atoms with Crippen molar-refractivity contribution in [2.75, 3.05) is 26.3 Å². The first-order valence-electron chi connectivity index (χ1n) is 5.04. The van der Waals surface area contributed by atoms with Gasteiger partial charge in [-0.15, -0.1) is 0 Å². The van der Waals surface area contributed by atoms with Gasteiger partial charge < -0.3 is 5.11 Å². The maximum Gasteiger partial charge on any atom is 0.311 e. The van der Waals surface area contributed by atoms with Crippen LogP contribution in [0.3, 0.4) is 0 Å². The third-order valence-electron chi connectivity index (χ3n) is 3.31. The zero-order chi connectivity index (χ0) is 10.8. The molecule has 0 radical (unpaired) electrons. The molecule has 0 aromatic carbocycles. The second-order valence-corrected chi connectivity index (χ2v) is 4.33. The molecule has 3 nitrogen and oxygen atoms in total. The van der Waals surface area contributed by atoms with Crippen molar-refractivity contribution in [1.82, 2.24) is 4.90 Å². The van der Waals surface area contributed by atoms with Gasteiger partial charge in [0.2, 0.25) is 0 Å². The van der Waals surface area contributed by atoms with Gasteiger partial charge in [-0.25, -0.2) is 4.39 Å². The third-order valence-corrected chi connectivity index (χ3v) is 3.31. The number of alkyl halides is 1. The molecule has 1 atom stereocenters. The molecule has 1 aliphatic rings. The van der Waals surface area contributed by atoms with E-state index in [-0.39, 0.29) is 5.92 Å². The van der Waals surface area contributed by atoms with E-state index in [0.717, 1.165) is 0 Å². The van der Waals surface area contributed by atoms with Gasteiger partial charge in [0.05, 0.1) is 5.41 Å². The van der Waals surface area contributed by atoms with E-state index in [1.54, 1.807) is 0 Å². The van der Waals surface area contributed by atoms with Crippen molar-refractivity contribution in [3.8, 4) is 0 Å². The van der Waals surface area contributed by atoms with Crippen LogP contribution in [-0.2, 0) is 4.79 Å². The third kappa shape index (κ3) is 1.90. The second kappa shape index (κ2) is 4.26. The number of aliphatic carboxylic acids is 1. The Kier molecular flexibility index (Phi) is 3.48. The van der Waals surface area contributed by atoms with E-state index in [0.29, 0.717) is 26.1 Å². The Morgan fingerprint density at radius 1 is 1.64 bits per heavy atom. The monoisotopic (exact) mass is 203 g/mol. The first-order chi connectivity index (χ1) is 6.53. The minimum absolute atomic E-state index is 0.101. The van der Waals surface area contributed by atoms with Gasteiger partial charge in [0, 0.05) is 13.1 Å². The lowest BCUT2D eigenvalue weighted by Gasteiger charge is -2.28. The fraction of sp³-hybridized carbons (Fsp3) is 0.900. The van der Waals surface area contributed by atoms with Crippen molar-refractivity contribution in [1.29, 1.82) is 0 Å². The average molecular weight is 203 g/mol. The number of nitrogens with zero attached hydrogens (tertiary/aromatic N) is 1. The number of halogens is 1. The number of hydrogen-bond donors (Lipinski definition) is 1. The minimum atomic E-state index is -0.742. The molecule has 1 aliphatic heterocycles. The molecule has 0 bridgehead atoms. The zero-order valence-electron chi connectivity index (χ0n) is 8.79. The Hall–Kier alpha value is -0.640.